The van der Waals surface area contributed by atoms with Crippen molar-refractivity contribution in [3.05, 3.63) is 29.3 Å². The third kappa shape index (κ3) is 1.95. The first-order chi connectivity index (χ1) is 11.1. The van der Waals surface area contributed by atoms with E-state index in [-0.39, 0.29) is 0 Å². The lowest BCUT2D eigenvalue weighted by Crippen LogP contribution is -2.02. The van der Waals surface area contributed by atoms with E-state index < -0.39 is 0 Å². The lowest BCUT2D eigenvalue weighted by atomic mass is 10.4. The van der Waals surface area contributed by atoms with Crippen LogP contribution in [0, 0.1) is 6.92 Å². The van der Waals surface area contributed by atoms with Crippen LogP contribution in [-0.4, -0.2) is 41.2 Å². The maximum absolute atomic E-state index is 6.05. The lowest BCUT2D eigenvalue weighted by molar-refractivity contribution is 0.399. The van der Waals surface area contributed by atoms with Gasteiger partial charge in [0.05, 0.1) is 19.0 Å². The van der Waals surface area contributed by atoms with E-state index >= 15 is 0 Å². The summed E-state index contributed by atoms with van der Waals surface area (Å²) in [5, 5.41) is 8.84. The molecule has 0 aliphatic rings. The molecule has 0 fully saturated rings. The maximum Gasteiger partial charge on any atom is 0.215 e. The molecule has 0 amide bonds. The van der Waals surface area contributed by atoms with Crippen LogP contribution in [0.15, 0.2) is 18.3 Å². The van der Waals surface area contributed by atoms with Gasteiger partial charge in [0, 0.05) is 13.1 Å². The van der Waals surface area contributed by atoms with Crippen molar-refractivity contribution in [1.29, 1.82) is 0 Å². The molecule has 0 saturated carbocycles. The first-order valence-corrected chi connectivity index (χ1v) is 7.22. The third-order valence-corrected chi connectivity index (χ3v) is 4.03. The van der Waals surface area contributed by atoms with Gasteiger partial charge >= 0.3 is 0 Å². The predicted molar refractivity (Wildman–Crippen MR) is 84.6 cm³/mol. The van der Waals surface area contributed by atoms with Gasteiger partial charge in [-0.3, -0.25) is 4.40 Å². The van der Waals surface area contributed by atoms with Crippen LogP contribution >= 0.6 is 11.6 Å². The molecular formula is C14H12ClN7O. The van der Waals surface area contributed by atoms with Crippen LogP contribution in [0.4, 0.5) is 0 Å². The number of hydrogen-bond donors (Lipinski definition) is 0. The van der Waals surface area contributed by atoms with E-state index in [1.54, 1.807) is 23.9 Å². The Kier molecular flexibility index (Phi) is 2.95. The molecule has 4 aromatic heterocycles. The van der Waals surface area contributed by atoms with E-state index in [1.807, 2.05) is 24.4 Å². The average molecular weight is 330 g/mol. The minimum absolute atomic E-state index is 0.381. The van der Waals surface area contributed by atoms with Crippen molar-refractivity contribution >= 4 is 28.4 Å². The summed E-state index contributed by atoms with van der Waals surface area (Å²) in [5.74, 6) is 1.15. The Labute approximate surface area is 135 Å². The first kappa shape index (κ1) is 13.9. The van der Waals surface area contributed by atoms with Crippen LogP contribution in [0.5, 0.6) is 5.88 Å². The van der Waals surface area contributed by atoms with E-state index in [9.17, 15) is 0 Å². The molecule has 0 aliphatic carbocycles. The second-order valence-electron chi connectivity index (χ2n) is 5.05. The Balaban J connectivity index is 2.16. The summed E-state index contributed by atoms with van der Waals surface area (Å²) < 4.78 is 8.81. The zero-order chi connectivity index (χ0) is 16.1. The molecule has 0 N–H and O–H groups in total. The molecule has 0 aromatic carbocycles. The molecule has 8 nitrogen and oxygen atoms in total. The molecule has 116 valence electrons. The molecule has 4 aromatic rings. The van der Waals surface area contributed by atoms with E-state index in [2.05, 4.69) is 25.1 Å². The molecule has 23 heavy (non-hydrogen) atoms. The van der Waals surface area contributed by atoms with E-state index in [1.165, 1.54) is 0 Å². The van der Waals surface area contributed by atoms with Crippen LogP contribution in [0.1, 0.15) is 5.69 Å². The van der Waals surface area contributed by atoms with Crippen molar-refractivity contribution in [2.75, 3.05) is 7.11 Å². The topological polar surface area (TPSA) is 83.0 Å². The Morgan fingerprint density at radius 1 is 1.13 bits per heavy atom. The maximum atomic E-state index is 6.05. The number of imidazole rings is 2. The molecule has 0 unspecified atom stereocenters. The van der Waals surface area contributed by atoms with Gasteiger partial charge in [-0.15, -0.1) is 10.2 Å². The summed E-state index contributed by atoms with van der Waals surface area (Å²) in [5.41, 5.74) is 3.39. The number of aromatic nitrogens is 7. The van der Waals surface area contributed by atoms with Crippen molar-refractivity contribution in [2.24, 2.45) is 7.05 Å². The van der Waals surface area contributed by atoms with Gasteiger partial charge in [-0.25, -0.2) is 9.97 Å². The highest BCUT2D eigenvalue weighted by Crippen LogP contribution is 2.26. The highest BCUT2D eigenvalue weighted by molar-refractivity contribution is 6.28. The number of fused-ring (bicyclic) bond motifs is 3. The molecule has 4 heterocycles. The number of hydrogen-bond acceptors (Lipinski definition) is 6. The second-order valence-corrected chi connectivity index (χ2v) is 5.39. The van der Waals surface area contributed by atoms with Crippen molar-refractivity contribution in [2.45, 2.75) is 6.92 Å². The number of pyridine rings is 1. The molecule has 0 saturated heterocycles. The first-order valence-electron chi connectivity index (χ1n) is 6.84. The molecule has 0 bridgehead atoms. The Bertz CT molecular complexity index is 1050. The average Bonchev–Trinajstić information content (AvgIpc) is 3.07. The Morgan fingerprint density at radius 2 is 1.96 bits per heavy atom. The van der Waals surface area contributed by atoms with E-state index in [0.717, 1.165) is 11.4 Å². The van der Waals surface area contributed by atoms with Gasteiger partial charge in [0.25, 0.3) is 0 Å². The molecule has 0 radical (unpaired) electrons. The van der Waals surface area contributed by atoms with Crippen molar-refractivity contribution < 1.29 is 4.74 Å². The molecule has 0 atom stereocenters. The van der Waals surface area contributed by atoms with Crippen molar-refractivity contribution in [3.8, 4) is 17.4 Å². The van der Waals surface area contributed by atoms with E-state index in [0.29, 0.717) is 33.8 Å². The van der Waals surface area contributed by atoms with Crippen LogP contribution in [-0.2, 0) is 7.05 Å². The zero-order valence-corrected chi connectivity index (χ0v) is 13.4. The van der Waals surface area contributed by atoms with Gasteiger partial charge in [0.2, 0.25) is 11.2 Å². The third-order valence-electron chi connectivity index (χ3n) is 3.68. The number of halogens is 1. The minimum atomic E-state index is 0.381. The van der Waals surface area contributed by atoms with Crippen LogP contribution in [0.3, 0.4) is 0 Å². The van der Waals surface area contributed by atoms with E-state index in [4.69, 9.17) is 16.3 Å². The fraction of sp³-hybridized carbons (Fsp3) is 0.214. The highest BCUT2D eigenvalue weighted by atomic mass is 35.5. The molecule has 0 spiro atoms. The molecule has 4 rings (SSSR count). The van der Waals surface area contributed by atoms with Crippen LogP contribution < -0.4 is 4.74 Å². The smallest absolute Gasteiger partial charge is 0.215 e. The summed E-state index contributed by atoms with van der Waals surface area (Å²) in [6.45, 7) is 1.87. The fourth-order valence-corrected chi connectivity index (χ4v) is 2.63. The number of rotatable bonds is 2. The van der Waals surface area contributed by atoms with Gasteiger partial charge in [0.1, 0.15) is 11.2 Å². The number of methoxy groups -OCH3 is 1. The van der Waals surface area contributed by atoms with Gasteiger partial charge in [-0.2, -0.15) is 4.98 Å². The summed E-state index contributed by atoms with van der Waals surface area (Å²) >= 11 is 6.05. The quantitative estimate of drug-likeness (QED) is 0.559. The Morgan fingerprint density at radius 3 is 2.65 bits per heavy atom. The molecule has 0 aliphatic heterocycles. The SMILES string of the molecule is COc1ccc2nnc3c(C)nc(-c4cnc(Cl)n4C)n3c2n1. The highest BCUT2D eigenvalue weighted by Gasteiger charge is 2.19. The van der Waals surface area contributed by atoms with Crippen LogP contribution in [0.25, 0.3) is 28.3 Å². The van der Waals surface area contributed by atoms with Crippen molar-refractivity contribution in [1.82, 2.24) is 34.1 Å². The minimum Gasteiger partial charge on any atom is -0.481 e. The normalized spacial score (nSPS) is 11.5. The number of nitrogens with zero attached hydrogens (tertiary/aromatic N) is 7. The van der Waals surface area contributed by atoms with Crippen LogP contribution in [0.2, 0.25) is 5.28 Å². The summed E-state index contributed by atoms with van der Waals surface area (Å²) in [4.78, 5) is 13.2. The summed E-state index contributed by atoms with van der Waals surface area (Å²) in [7, 11) is 3.40. The molecular weight excluding hydrogens is 318 g/mol. The van der Waals surface area contributed by atoms with Gasteiger partial charge in [-0.1, -0.05) is 0 Å². The Hall–Kier alpha value is -2.74. The largest absolute Gasteiger partial charge is 0.481 e. The van der Waals surface area contributed by atoms with Gasteiger partial charge in [-0.05, 0) is 24.6 Å². The molecule has 9 heteroatoms. The zero-order valence-electron chi connectivity index (χ0n) is 12.6. The summed E-state index contributed by atoms with van der Waals surface area (Å²) in [6, 6.07) is 3.55. The predicted octanol–water partition coefficient (Wildman–Crippen LogP) is 2.04. The standard InChI is InChI=1S/C14H12ClN7O/c1-7-11-20-19-8-4-5-10(23-3)18-12(8)22(11)13(17-7)9-6-16-14(15)21(9)2/h4-6H,1-3H3. The monoisotopic (exact) mass is 329 g/mol. The van der Waals surface area contributed by atoms with Gasteiger partial charge < -0.3 is 9.30 Å². The lowest BCUT2D eigenvalue weighted by Gasteiger charge is -2.06. The fourth-order valence-electron chi connectivity index (χ4n) is 2.49. The summed E-state index contributed by atoms with van der Waals surface area (Å²) in [6.07, 6.45) is 1.67. The van der Waals surface area contributed by atoms with Crippen molar-refractivity contribution in [3.63, 3.8) is 0 Å². The number of aryl methyl sites for hydroxylation is 1. The number of ether oxygens (including phenoxy) is 1. The second kappa shape index (κ2) is 4.88. The van der Waals surface area contributed by atoms with Gasteiger partial charge in [0.15, 0.2) is 17.1 Å².